The van der Waals surface area contributed by atoms with Crippen LogP contribution in [0, 0.1) is 5.92 Å². The Morgan fingerprint density at radius 3 is 2.47 bits per heavy atom. The Hall–Kier alpha value is -0.120. The fourth-order valence-electron chi connectivity index (χ4n) is 3.15. The second-order valence-corrected chi connectivity index (χ2v) is 7.23. The average molecular weight is 270 g/mol. The van der Waals surface area contributed by atoms with E-state index < -0.39 is 5.60 Å². The Labute approximate surface area is 119 Å². The highest BCUT2D eigenvalue weighted by Crippen LogP contribution is 2.17. The van der Waals surface area contributed by atoms with Gasteiger partial charge < -0.3 is 15.3 Å². The van der Waals surface area contributed by atoms with Gasteiger partial charge in [0.05, 0.1) is 5.60 Å². The highest BCUT2D eigenvalue weighted by Gasteiger charge is 2.24. The van der Waals surface area contributed by atoms with Crippen LogP contribution in [0.5, 0.6) is 0 Å². The van der Waals surface area contributed by atoms with Crippen molar-refractivity contribution in [1.29, 1.82) is 0 Å². The lowest BCUT2D eigenvalue weighted by atomic mass is 9.94. The molecule has 1 saturated heterocycles. The van der Waals surface area contributed by atoms with Gasteiger partial charge in [-0.25, -0.2) is 0 Å². The van der Waals surface area contributed by atoms with E-state index in [-0.39, 0.29) is 0 Å². The minimum atomic E-state index is -0.571. The lowest BCUT2D eigenvalue weighted by Crippen LogP contribution is -2.43. The Morgan fingerprint density at radius 1 is 1.21 bits per heavy atom. The molecule has 2 unspecified atom stereocenters. The molecule has 0 amide bonds. The number of nitrogens with zero attached hydrogens (tertiary/aromatic N) is 1. The smallest absolute Gasteiger partial charge is 0.0746 e. The summed E-state index contributed by atoms with van der Waals surface area (Å²) in [5, 5.41) is 13.9. The number of hydrogen-bond acceptors (Lipinski definition) is 3. The number of likely N-dealkylation sites (tertiary alicyclic amines) is 1. The van der Waals surface area contributed by atoms with E-state index in [9.17, 15) is 5.11 Å². The summed E-state index contributed by atoms with van der Waals surface area (Å²) in [6.45, 7) is 14.0. The molecule has 1 aliphatic heterocycles. The maximum absolute atomic E-state index is 10.4. The predicted molar refractivity (Wildman–Crippen MR) is 82.4 cm³/mol. The lowest BCUT2D eigenvalue weighted by Gasteiger charge is -2.28. The average Bonchev–Trinajstić information content (AvgIpc) is 2.50. The minimum absolute atomic E-state index is 0.544. The molecule has 2 atom stereocenters. The van der Waals surface area contributed by atoms with Crippen LogP contribution in [0.3, 0.4) is 0 Å². The van der Waals surface area contributed by atoms with E-state index in [0.29, 0.717) is 18.0 Å². The van der Waals surface area contributed by atoms with Crippen LogP contribution in [0.1, 0.15) is 60.3 Å². The molecular weight excluding hydrogens is 236 g/mol. The van der Waals surface area contributed by atoms with Crippen molar-refractivity contribution in [1.82, 2.24) is 10.2 Å². The highest BCUT2D eigenvalue weighted by atomic mass is 16.3. The van der Waals surface area contributed by atoms with Crippen LogP contribution in [0.25, 0.3) is 0 Å². The van der Waals surface area contributed by atoms with Crippen LogP contribution in [-0.4, -0.2) is 47.3 Å². The van der Waals surface area contributed by atoms with Crippen molar-refractivity contribution in [3.63, 3.8) is 0 Å². The molecule has 2 N–H and O–H groups in total. The van der Waals surface area contributed by atoms with Gasteiger partial charge >= 0.3 is 0 Å². The largest absolute Gasteiger partial charge is 0.389 e. The van der Waals surface area contributed by atoms with E-state index in [1.54, 1.807) is 0 Å². The van der Waals surface area contributed by atoms with E-state index in [1.165, 1.54) is 32.4 Å². The summed E-state index contributed by atoms with van der Waals surface area (Å²) in [6, 6.07) is 1.23. The van der Waals surface area contributed by atoms with Crippen molar-refractivity contribution in [3.8, 4) is 0 Å². The van der Waals surface area contributed by atoms with Crippen molar-refractivity contribution in [2.45, 2.75) is 78.0 Å². The van der Waals surface area contributed by atoms with Crippen molar-refractivity contribution in [2.24, 2.45) is 5.92 Å². The van der Waals surface area contributed by atoms with E-state index in [1.807, 2.05) is 6.92 Å². The summed E-state index contributed by atoms with van der Waals surface area (Å²) in [5.41, 5.74) is -0.571. The highest BCUT2D eigenvalue weighted by molar-refractivity contribution is 4.82. The number of rotatable bonds is 6. The van der Waals surface area contributed by atoms with Gasteiger partial charge in [-0.2, -0.15) is 0 Å². The van der Waals surface area contributed by atoms with Crippen molar-refractivity contribution < 1.29 is 5.11 Å². The molecule has 0 aromatic rings. The summed E-state index contributed by atoms with van der Waals surface area (Å²) < 4.78 is 0. The number of aliphatic hydroxyl groups is 1. The van der Waals surface area contributed by atoms with Crippen LogP contribution in [0.4, 0.5) is 0 Å². The monoisotopic (exact) mass is 270 g/mol. The normalized spacial score (nSPS) is 25.6. The molecule has 1 rings (SSSR count). The zero-order valence-corrected chi connectivity index (χ0v) is 13.6. The second kappa shape index (κ2) is 7.61. The SMILES string of the molecule is CC(C)CC(C)(O)CNC1CCCN(C(C)C)CC1. The topological polar surface area (TPSA) is 35.5 Å². The van der Waals surface area contributed by atoms with Gasteiger partial charge in [-0.1, -0.05) is 13.8 Å². The van der Waals surface area contributed by atoms with Crippen LogP contribution < -0.4 is 5.32 Å². The first-order valence-electron chi connectivity index (χ1n) is 8.00. The first-order valence-corrected chi connectivity index (χ1v) is 8.00. The van der Waals surface area contributed by atoms with Gasteiger partial charge in [0.15, 0.2) is 0 Å². The van der Waals surface area contributed by atoms with Crippen LogP contribution in [0.2, 0.25) is 0 Å². The standard InChI is InChI=1S/C16H34N2O/c1-13(2)11-16(5,19)12-17-15-7-6-9-18(10-8-15)14(3)4/h13-15,17,19H,6-12H2,1-5H3. The van der Waals surface area contributed by atoms with Crippen LogP contribution in [-0.2, 0) is 0 Å². The van der Waals surface area contributed by atoms with Gasteiger partial charge in [0.1, 0.15) is 0 Å². The summed E-state index contributed by atoms with van der Waals surface area (Å²) in [6.07, 6.45) is 4.57. The molecule has 1 aliphatic rings. The van der Waals surface area contributed by atoms with Crippen LogP contribution >= 0.6 is 0 Å². The molecule has 0 radical (unpaired) electrons. The van der Waals surface area contributed by atoms with Gasteiger partial charge in [-0.05, 0) is 65.5 Å². The van der Waals surface area contributed by atoms with Gasteiger partial charge in [0.2, 0.25) is 0 Å². The number of hydrogen-bond donors (Lipinski definition) is 2. The Morgan fingerprint density at radius 2 is 1.89 bits per heavy atom. The van der Waals surface area contributed by atoms with Gasteiger partial charge in [0.25, 0.3) is 0 Å². The third kappa shape index (κ3) is 6.73. The van der Waals surface area contributed by atoms with Gasteiger partial charge in [0, 0.05) is 18.6 Å². The van der Waals surface area contributed by atoms with Crippen molar-refractivity contribution >= 4 is 0 Å². The maximum atomic E-state index is 10.4. The Bertz CT molecular complexity index is 251. The van der Waals surface area contributed by atoms with Gasteiger partial charge in [-0.3, -0.25) is 0 Å². The molecule has 0 aliphatic carbocycles. The first kappa shape index (κ1) is 16.9. The summed E-state index contributed by atoms with van der Waals surface area (Å²) >= 11 is 0. The number of nitrogens with one attached hydrogen (secondary N) is 1. The van der Waals surface area contributed by atoms with E-state index in [4.69, 9.17) is 0 Å². The molecule has 114 valence electrons. The molecule has 19 heavy (non-hydrogen) atoms. The third-order valence-electron chi connectivity index (χ3n) is 4.11. The lowest BCUT2D eigenvalue weighted by molar-refractivity contribution is 0.0353. The third-order valence-corrected chi connectivity index (χ3v) is 4.11. The van der Waals surface area contributed by atoms with E-state index in [0.717, 1.165) is 13.0 Å². The zero-order chi connectivity index (χ0) is 14.5. The summed E-state index contributed by atoms with van der Waals surface area (Å²) in [7, 11) is 0. The minimum Gasteiger partial charge on any atom is -0.389 e. The molecule has 0 bridgehead atoms. The Kier molecular flexibility index (Phi) is 6.78. The quantitative estimate of drug-likeness (QED) is 0.779. The second-order valence-electron chi connectivity index (χ2n) is 7.23. The van der Waals surface area contributed by atoms with Gasteiger partial charge in [-0.15, -0.1) is 0 Å². The molecule has 0 aromatic carbocycles. The molecule has 0 saturated carbocycles. The molecule has 0 aromatic heterocycles. The van der Waals surface area contributed by atoms with Crippen molar-refractivity contribution in [3.05, 3.63) is 0 Å². The van der Waals surface area contributed by atoms with Crippen LogP contribution in [0.15, 0.2) is 0 Å². The van der Waals surface area contributed by atoms with Crippen molar-refractivity contribution in [2.75, 3.05) is 19.6 Å². The molecule has 3 heteroatoms. The fourth-order valence-corrected chi connectivity index (χ4v) is 3.15. The first-order chi connectivity index (χ1) is 8.80. The summed E-state index contributed by atoms with van der Waals surface area (Å²) in [5.74, 6) is 0.544. The zero-order valence-electron chi connectivity index (χ0n) is 13.6. The molecular formula is C16H34N2O. The predicted octanol–water partition coefficient (Wildman–Crippen LogP) is 2.64. The molecule has 3 nitrogen and oxygen atoms in total. The molecule has 1 heterocycles. The molecule has 1 fully saturated rings. The van der Waals surface area contributed by atoms with E-state index >= 15 is 0 Å². The molecule has 0 spiro atoms. The maximum Gasteiger partial charge on any atom is 0.0746 e. The van der Waals surface area contributed by atoms with E-state index in [2.05, 4.69) is 37.9 Å². The fraction of sp³-hybridized carbons (Fsp3) is 1.00. The Balaban J connectivity index is 2.33. The summed E-state index contributed by atoms with van der Waals surface area (Å²) in [4.78, 5) is 2.56.